The van der Waals surface area contributed by atoms with Crippen LogP contribution in [-0.2, 0) is 12.8 Å². The molecule has 92 valence electrons. The quantitative estimate of drug-likeness (QED) is 0.869. The van der Waals surface area contributed by atoms with Crippen molar-refractivity contribution >= 4 is 0 Å². The molecule has 0 fully saturated rings. The number of hydrogen-bond donors (Lipinski definition) is 1. The SMILES string of the molecule is CCC(CO)c1c2c(cc3c1OCC3)OCC2. The van der Waals surface area contributed by atoms with E-state index in [1.165, 1.54) is 16.7 Å². The second kappa shape index (κ2) is 4.22. The minimum Gasteiger partial charge on any atom is -0.493 e. The van der Waals surface area contributed by atoms with Crippen LogP contribution < -0.4 is 9.47 Å². The van der Waals surface area contributed by atoms with Crippen LogP contribution in [-0.4, -0.2) is 24.9 Å². The van der Waals surface area contributed by atoms with Gasteiger partial charge in [0.25, 0.3) is 0 Å². The van der Waals surface area contributed by atoms with Gasteiger partial charge in [-0.2, -0.15) is 0 Å². The van der Waals surface area contributed by atoms with E-state index in [2.05, 4.69) is 13.0 Å². The van der Waals surface area contributed by atoms with Gasteiger partial charge in [-0.1, -0.05) is 6.92 Å². The number of ether oxygens (including phenoxy) is 2. The minimum absolute atomic E-state index is 0.179. The van der Waals surface area contributed by atoms with Crippen LogP contribution in [0.25, 0.3) is 0 Å². The van der Waals surface area contributed by atoms with Crippen LogP contribution in [0.2, 0.25) is 0 Å². The number of hydrogen-bond acceptors (Lipinski definition) is 3. The van der Waals surface area contributed by atoms with E-state index >= 15 is 0 Å². The van der Waals surface area contributed by atoms with Crippen molar-refractivity contribution in [3.05, 3.63) is 22.8 Å². The van der Waals surface area contributed by atoms with Gasteiger partial charge < -0.3 is 14.6 Å². The molecule has 0 saturated carbocycles. The summed E-state index contributed by atoms with van der Waals surface area (Å²) in [4.78, 5) is 0. The maximum Gasteiger partial charge on any atom is 0.126 e. The summed E-state index contributed by atoms with van der Waals surface area (Å²) in [7, 11) is 0. The Balaban J connectivity index is 2.17. The highest BCUT2D eigenvalue weighted by Gasteiger charge is 2.29. The number of fused-ring (bicyclic) bond motifs is 2. The Labute approximate surface area is 101 Å². The Morgan fingerprint density at radius 3 is 2.88 bits per heavy atom. The fourth-order valence-electron chi connectivity index (χ4n) is 2.88. The lowest BCUT2D eigenvalue weighted by molar-refractivity contribution is 0.257. The molecule has 3 rings (SSSR count). The molecule has 2 aliphatic heterocycles. The molecule has 0 saturated heterocycles. The molecule has 1 N–H and O–H groups in total. The van der Waals surface area contributed by atoms with Crippen molar-refractivity contribution in [2.24, 2.45) is 0 Å². The van der Waals surface area contributed by atoms with Crippen molar-refractivity contribution < 1.29 is 14.6 Å². The highest BCUT2D eigenvalue weighted by atomic mass is 16.5. The van der Waals surface area contributed by atoms with Crippen LogP contribution in [0.1, 0.15) is 36.0 Å². The second-order valence-electron chi connectivity index (χ2n) is 4.74. The lowest BCUT2D eigenvalue weighted by atomic mass is 9.88. The summed E-state index contributed by atoms with van der Waals surface area (Å²) in [5.74, 6) is 2.21. The lowest BCUT2D eigenvalue weighted by Crippen LogP contribution is -2.07. The fourth-order valence-corrected chi connectivity index (χ4v) is 2.88. The van der Waals surface area contributed by atoms with Gasteiger partial charge in [0, 0.05) is 35.4 Å². The van der Waals surface area contributed by atoms with Gasteiger partial charge in [-0.25, -0.2) is 0 Å². The molecule has 0 radical (unpaired) electrons. The van der Waals surface area contributed by atoms with Gasteiger partial charge in [-0.15, -0.1) is 0 Å². The fraction of sp³-hybridized carbons (Fsp3) is 0.571. The van der Waals surface area contributed by atoms with Crippen LogP contribution >= 0.6 is 0 Å². The zero-order chi connectivity index (χ0) is 11.8. The molecule has 1 aromatic carbocycles. The summed E-state index contributed by atoms with van der Waals surface area (Å²) in [6.45, 7) is 3.81. The smallest absolute Gasteiger partial charge is 0.126 e. The van der Waals surface area contributed by atoms with Crippen LogP contribution in [0.4, 0.5) is 0 Å². The van der Waals surface area contributed by atoms with E-state index in [1.54, 1.807) is 0 Å². The van der Waals surface area contributed by atoms with Crippen molar-refractivity contribution in [2.45, 2.75) is 32.1 Å². The third-order valence-electron chi connectivity index (χ3n) is 3.81. The summed E-state index contributed by atoms with van der Waals surface area (Å²) in [6, 6.07) is 2.12. The first-order chi connectivity index (χ1) is 8.35. The van der Waals surface area contributed by atoms with Gasteiger partial charge in [-0.05, 0) is 12.5 Å². The first kappa shape index (κ1) is 10.9. The van der Waals surface area contributed by atoms with E-state index in [0.717, 1.165) is 44.0 Å². The standard InChI is InChI=1S/C14H18O3/c1-2-9(8-15)13-11-4-6-16-12(11)7-10-3-5-17-14(10)13/h7,9,15H,2-6,8H2,1H3. The summed E-state index contributed by atoms with van der Waals surface area (Å²) < 4.78 is 11.4. The largest absolute Gasteiger partial charge is 0.493 e. The molecule has 1 atom stereocenters. The third kappa shape index (κ3) is 1.61. The normalized spacial score (nSPS) is 18.2. The first-order valence-corrected chi connectivity index (χ1v) is 6.40. The molecule has 0 aromatic heterocycles. The van der Waals surface area contributed by atoms with E-state index < -0.39 is 0 Å². The minimum atomic E-state index is 0.179. The van der Waals surface area contributed by atoms with Crippen LogP contribution in [0, 0.1) is 0 Å². The Morgan fingerprint density at radius 1 is 1.29 bits per heavy atom. The van der Waals surface area contributed by atoms with Crippen LogP contribution in [0.5, 0.6) is 11.5 Å². The van der Waals surface area contributed by atoms with Crippen molar-refractivity contribution in [3.63, 3.8) is 0 Å². The maximum atomic E-state index is 9.55. The average Bonchev–Trinajstić information content (AvgIpc) is 2.96. The van der Waals surface area contributed by atoms with Crippen LogP contribution in [0.15, 0.2) is 6.07 Å². The molecule has 2 heterocycles. The molecule has 3 heteroatoms. The van der Waals surface area contributed by atoms with Gasteiger partial charge in [0.05, 0.1) is 19.8 Å². The summed E-state index contributed by atoms with van der Waals surface area (Å²) in [6.07, 6.45) is 2.83. The summed E-state index contributed by atoms with van der Waals surface area (Å²) >= 11 is 0. The Kier molecular flexibility index (Phi) is 2.71. The lowest BCUT2D eigenvalue weighted by Gasteiger charge is -2.19. The zero-order valence-electron chi connectivity index (χ0n) is 10.2. The molecular weight excluding hydrogens is 216 g/mol. The molecule has 17 heavy (non-hydrogen) atoms. The molecule has 0 aliphatic carbocycles. The highest BCUT2D eigenvalue weighted by molar-refractivity contribution is 5.58. The van der Waals surface area contributed by atoms with E-state index in [4.69, 9.17) is 9.47 Å². The van der Waals surface area contributed by atoms with Gasteiger partial charge in [0.15, 0.2) is 0 Å². The van der Waals surface area contributed by atoms with E-state index in [-0.39, 0.29) is 12.5 Å². The average molecular weight is 234 g/mol. The predicted octanol–water partition coefficient (Wildman–Crippen LogP) is 2.04. The Bertz CT molecular complexity index is 403. The van der Waals surface area contributed by atoms with Crippen molar-refractivity contribution in [1.82, 2.24) is 0 Å². The number of aliphatic hydroxyl groups is 1. The summed E-state index contributed by atoms with van der Waals surface area (Å²) in [5, 5.41) is 9.55. The number of rotatable bonds is 3. The van der Waals surface area contributed by atoms with Gasteiger partial charge in [-0.3, -0.25) is 0 Å². The monoisotopic (exact) mass is 234 g/mol. The first-order valence-electron chi connectivity index (χ1n) is 6.40. The third-order valence-corrected chi connectivity index (χ3v) is 3.81. The molecule has 3 nitrogen and oxygen atoms in total. The molecule has 1 unspecified atom stereocenters. The van der Waals surface area contributed by atoms with Crippen molar-refractivity contribution in [2.75, 3.05) is 19.8 Å². The maximum absolute atomic E-state index is 9.55. The molecule has 0 amide bonds. The van der Waals surface area contributed by atoms with Crippen molar-refractivity contribution in [3.8, 4) is 11.5 Å². The molecular formula is C14H18O3. The zero-order valence-corrected chi connectivity index (χ0v) is 10.2. The van der Waals surface area contributed by atoms with Gasteiger partial charge >= 0.3 is 0 Å². The predicted molar refractivity (Wildman–Crippen MR) is 65.0 cm³/mol. The summed E-state index contributed by atoms with van der Waals surface area (Å²) in [5.41, 5.74) is 3.71. The molecule has 2 aliphatic rings. The molecule has 0 spiro atoms. The van der Waals surface area contributed by atoms with E-state index in [9.17, 15) is 5.11 Å². The van der Waals surface area contributed by atoms with Gasteiger partial charge in [0.1, 0.15) is 11.5 Å². The topological polar surface area (TPSA) is 38.7 Å². The van der Waals surface area contributed by atoms with Crippen molar-refractivity contribution in [1.29, 1.82) is 0 Å². The Morgan fingerprint density at radius 2 is 2.12 bits per heavy atom. The number of benzene rings is 1. The van der Waals surface area contributed by atoms with Gasteiger partial charge in [0.2, 0.25) is 0 Å². The van der Waals surface area contributed by atoms with E-state index in [0.29, 0.717) is 0 Å². The van der Waals surface area contributed by atoms with Crippen LogP contribution in [0.3, 0.4) is 0 Å². The second-order valence-corrected chi connectivity index (χ2v) is 4.74. The number of aliphatic hydroxyl groups excluding tert-OH is 1. The highest BCUT2D eigenvalue weighted by Crippen LogP contribution is 2.44. The van der Waals surface area contributed by atoms with E-state index in [1.807, 2.05) is 0 Å². The Hall–Kier alpha value is -1.22. The molecule has 1 aromatic rings. The molecule has 0 bridgehead atoms.